The monoisotopic (exact) mass is 252 g/mol. The van der Waals surface area contributed by atoms with Crippen LogP contribution in [0.1, 0.15) is 0 Å². The van der Waals surface area contributed by atoms with E-state index in [0.29, 0.717) is 0 Å². The average Bonchev–Trinajstić information content (AvgIpc) is 1.49. The van der Waals surface area contributed by atoms with Crippen molar-refractivity contribution in [2.24, 2.45) is 0 Å². The molecule has 0 atom stereocenters. The molecule has 0 aliphatic rings. The van der Waals surface area contributed by atoms with Crippen LogP contribution >= 0.6 is 0 Å². The molecule has 0 heterocycles. The van der Waals surface area contributed by atoms with Gasteiger partial charge in [-0.05, 0) is 0 Å². The number of Topliss-reactive ketones (excluding diaryl/α,β-unsaturated/α-hetero) is 1. The number of hydrogen-bond donors (Lipinski definition) is 2. The summed E-state index contributed by atoms with van der Waals surface area (Å²) in [6, 6.07) is 0. The van der Waals surface area contributed by atoms with Gasteiger partial charge in [0.1, 0.15) is 20.2 Å². The summed E-state index contributed by atoms with van der Waals surface area (Å²) < 4.78 is 59.1. The van der Waals surface area contributed by atoms with Gasteiger partial charge in [0.2, 0.25) is 0 Å². The van der Waals surface area contributed by atoms with Crippen molar-refractivity contribution < 1.29 is 30.7 Å². The smallest absolute Gasteiger partial charge is 0.160 e. The second-order valence-corrected chi connectivity index (χ2v) is 4.75. The lowest BCUT2D eigenvalue weighted by Crippen LogP contribution is -2.23. The molecule has 8 N–H and O–H groups in total. The molecule has 0 spiro atoms. The van der Waals surface area contributed by atoms with E-state index in [1.165, 1.54) is 0 Å². The molecule has 0 radical (unpaired) electrons. The summed E-state index contributed by atoms with van der Waals surface area (Å²) in [4.78, 5) is 10.3. The number of ketones is 1. The lowest BCUT2D eigenvalue weighted by molar-refractivity contribution is -0.114. The molecule has 11 heteroatoms. The van der Waals surface area contributed by atoms with Crippen molar-refractivity contribution in [1.82, 2.24) is 12.3 Å². The van der Waals surface area contributed by atoms with Gasteiger partial charge in [-0.3, -0.25) is 4.79 Å². The van der Waals surface area contributed by atoms with E-state index < -0.39 is 37.5 Å². The van der Waals surface area contributed by atoms with Crippen molar-refractivity contribution in [3.8, 4) is 0 Å². The van der Waals surface area contributed by atoms with Crippen LogP contribution in [-0.2, 0) is 25.0 Å². The molecule has 0 aliphatic carbocycles. The Morgan fingerprint density at radius 1 is 0.857 bits per heavy atom. The zero-order valence-electron chi connectivity index (χ0n) is 7.59. The third-order valence-corrected chi connectivity index (χ3v) is 2.03. The second-order valence-electron chi connectivity index (χ2n) is 1.94. The Morgan fingerprint density at radius 2 is 1.07 bits per heavy atom. The first-order valence-electron chi connectivity index (χ1n) is 2.49. The third-order valence-electron chi connectivity index (χ3n) is 0.676. The zero-order valence-corrected chi connectivity index (χ0v) is 9.22. The van der Waals surface area contributed by atoms with Gasteiger partial charge < -0.3 is 21.4 Å². The lowest BCUT2D eigenvalue weighted by Gasteiger charge is -2.07. The molecule has 88 valence electrons. The van der Waals surface area contributed by atoms with Crippen LogP contribution in [0.4, 0.5) is 0 Å². The number of quaternary nitrogens is 2. The maximum atomic E-state index is 10.3. The van der Waals surface area contributed by atoms with E-state index in [1.807, 2.05) is 0 Å². The first-order chi connectivity index (χ1) is 5.10. The van der Waals surface area contributed by atoms with Crippen molar-refractivity contribution in [2.45, 2.75) is 0 Å². The van der Waals surface area contributed by atoms with Gasteiger partial charge in [0.05, 0.1) is 11.5 Å². The molecule has 0 saturated carbocycles. The molecule has 14 heavy (non-hydrogen) atoms. The maximum Gasteiger partial charge on any atom is 0.160 e. The van der Waals surface area contributed by atoms with E-state index in [1.54, 1.807) is 0 Å². The summed E-state index contributed by atoms with van der Waals surface area (Å²) in [5.74, 6) is -4.34. The Morgan fingerprint density at radius 3 is 1.21 bits per heavy atom. The van der Waals surface area contributed by atoms with E-state index >= 15 is 0 Å². The molecule has 0 saturated heterocycles. The van der Waals surface area contributed by atoms with Crippen LogP contribution in [0.25, 0.3) is 0 Å². The predicted molar refractivity (Wildman–Crippen MR) is 46.1 cm³/mol. The second kappa shape index (κ2) is 6.00. The van der Waals surface area contributed by atoms with Crippen LogP contribution in [0.5, 0.6) is 0 Å². The molecule has 0 bridgehead atoms. The number of carbonyl (C=O) groups excluding carboxylic acids is 1. The van der Waals surface area contributed by atoms with E-state index in [2.05, 4.69) is 0 Å². The van der Waals surface area contributed by atoms with Gasteiger partial charge in [-0.15, -0.1) is 0 Å². The first kappa shape index (κ1) is 19.1. The first-order valence-corrected chi connectivity index (χ1v) is 5.64. The average molecular weight is 252 g/mol. The Bertz CT molecular complexity index is 332. The number of carbonyl (C=O) groups is 1. The molecule has 0 aromatic carbocycles. The fourth-order valence-corrected chi connectivity index (χ4v) is 1.56. The van der Waals surface area contributed by atoms with Gasteiger partial charge in [0, 0.05) is 0 Å². The largest absolute Gasteiger partial charge is 0.748 e. The molecule has 0 unspecified atom stereocenters. The number of rotatable bonds is 4. The van der Waals surface area contributed by atoms with Crippen molar-refractivity contribution in [3.05, 3.63) is 0 Å². The van der Waals surface area contributed by atoms with Gasteiger partial charge >= 0.3 is 0 Å². The molecule has 0 aromatic heterocycles. The Kier molecular flexibility index (Phi) is 8.17. The Hall–Kier alpha value is -0.590. The minimum absolute atomic E-state index is 0. The minimum Gasteiger partial charge on any atom is -0.748 e. The lowest BCUT2D eigenvalue weighted by atomic mass is 10.5. The Labute approximate surface area is 81.2 Å². The summed E-state index contributed by atoms with van der Waals surface area (Å²) in [5, 5.41) is 0. The van der Waals surface area contributed by atoms with Crippen LogP contribution in [0.15, 0.2) is 0 Å². The standard InChI is InChI=1S/C3H6O7S2.2H3N/c4-3(1-11(5,6)7)2-12(8,9)10;;/h1-2H2,(H,5,6,7)(H,8,9,10);2*1H3. The van der Waals surface area contributed by atoms with Crippen molar-refractivity contribution in [1.29, 1.82) is 0 Å². The van der Waals surface area contributed by atoms with Crippen molar-refractivity contribution in [2.75, 3.05) is 11.5 Å². The van der Waals surface area contributed by atoms with Crippen LogP contribution in [0, 0.1) is 0 Å². The number of hydrogen-bond acceptors (Lipinski definition) is 7. The minimum atomic E-state index is -4.80. The summed E-state index contributed by atoms with van der Waals surface area (Å²) in [6.45, 7) is 0. The maximum absolute atomic E-state index is 10.3. The van der Waals surface area contributed by atoms with Gasteiger partial charge in [0.15, 0.2) is 5.78 Å². The highest BCUT2D eigenvalue weighted by atomic mass is 32.2. The summed E-state index contributed by atoms with van der Waals surface area (Å²) >= 11 is 0. The highest BCUT2D eigenvalue weighted by molar-refractivity contribution is 7.88. The summed E-state index contributed by atoms with van der Waals surface area (Å²) in [5.41, 5.74) is 0. The van der Waals surface area contributed by atoms with Crippen molar-refractivity contribution in [3.63, 3.8) is 0 Å². The fraction of sp³-hybridized carbons (Fsp3) is 0.667. The molecular formula is C3H12N2O7S2. The molecule has 0 aliphatic heterocycles. The predicted octanol–water partition coefficient (Wildman–Crippen LogP) is -1.60. The van der Waals surface area contributed by atoms with Crippen LogP contribution in [0.2, 0.25) is 0 Å². The van der Waals surface area contributed by atoms with Gasteiger partial charge in [-0.1, -0.05) is 0 Å². The molecule has 0 rings (SSSR count). The van der Waals surface area contributed by atoms with E-state index in [9.17, 15) is 30.7 Å². The van der Waals surface area contributed by atoms with Crippen molar-refractivity contribution >= 4 is 26.0 Å². The van der Waals surface area contributed by atoms with Crippen LogP contribution in [0.3, 0.4) is 0 Å². The summed E-state index contributed by atoms with van der Waals surface area (Å²) in [6.07, 6.45) is 0. The zero-order chi connectivity index (χ0) is 9.99. The third kappa shape index (κ3) is 14.0. The molecule has 0 amide bonds. The van der Waals surface area contributed by atoms with Gasteiger partial charge in [-0.2, -0.15) is 0 Å². The topological polar surface area (TPSA) is 204 Å². The quantitative estimate of drug-likeness (QED) is 0.559. The molecule has 0 aromatic rings. The van der Waals surface area contributed by atoms with E-state index in [4.69, 9.17) is 0 Å². The summed E-state index contributed by atoms with van der Waals surface area (Å²) in [7, 11) is -9.60. The van der Waals surface area contributed by atoms with Crippen LogP contribution in [-0.4, -0.2) is 43.2 Å². The Balaban J connectivity index is -0.000000605. The van der Waals surface area contributed by atoms with E-state index in [-0.39, 0.29) is 12.3 Å². The fourth-order valence-electron chi connectivity index (χ4n) is 0.436. The SMILES string of the molecule is O=C(CS(=O)(=O)[O-])CS(=O)(=O)[O-].[NH4+].[NH4+]. The van der Waals surface area contributed by atoms with E-state index in [0.717, 1.165) is 0 Å². The molecular weight excluding hydrogens is 240 g/mol. The highest BCUT2D eigenvalue weighted by Gasteiger charge is 2.10. The molecule has 9 nitrogen and oxygen atoms in total. The normalized spacial score (nSPS) is 11.0. The highest BCUT2D eigenvalue weighted by Crippen LogP contribution is 1.88. The van der Waals surface area contributed by atoms with Gasteiger partial charge in [-0.25, -0.2) is 16.8 Å². The van der Waals surface area contributed by atoms with Gasteiger partial charge in [0.25, 0.3) is 0 Å². The molecule has 0 fully saturated rings. The van der Waals surface area contributed by atoms with Crippen LogP contribution < -0.4 is 12.3 Å².